The molecular weight excluding hydrogens is 532 g/mol. The zero-order valence-corrected chi connectivity index (χ0v) is 23.2. The summed E-state index contributed by atoms with van der Waals surface area (Å²) >= 11 is 0. The molecule has 4 rings (SSSR count). The van der Waals surface area contributed by atoms with Crippen LogP contribution in [0.3, 0.4) is 0 Å². The van der Waals surface area contributed by atoms with E-state index in [2.05, 4.69) is 15.2 Å². The van der Waals surface area contributed by atoms with Crippen LogP contribution in [0.15, 0.2) is 82.4 Å². The number of hydrogen-bond acceptors (Lipinski definition) is 7. The molecule has 1 heterocycles. The Bertz CT molecular complexity index is 1640. The van der Waals surface area contributed by atoms with E-state index in [1.165, 1.54) is 23.3 Å². The molecule has 40 heavy (non-hydrogen) atoms. The number of nitrogens with one attached hydrogen (secondary N) is 2. The maximum atomic E-state index is 13.3. The summed E-state index contributed by atoms with van der Waals surface area (Å²) in [5.74, 6) is -3.06. The van der Waals surface area contributed by atoms with Crippen molar-refractivity contribution < 1.29 is 27.3 Å². The fourth-order valence-corrected chi connectivity index (χ4v) is 5.37. The maximum Gasteiger partial charge on any atom is 0.264 e. The van der Waals surface area contributed by atoms with Crippen LogP contribution in [-0.4, -0.2) is 49.3 Å². The molecule has 11 heteroatoms. The van der Waals surface area contributed by atoms with Crippen LogP contribution in [0.5, 0.6) is 0 Å². The van der Waals surface area contributed by atoms with Crippen LogP contribution in [0.25, 0.3) is 10.8 Å². The van der Waals surface area contributed by atoms with Crippen LogP contribution in [0.2, 0.25) is 0 Å². The van der Waals surface area contributed by atoms with Crippen LogP contribution < -0.4 is 10.0 Å². The van der Waals surface area contributed by atoms with E-state index in [9.17, 15) is 22.8 Å². The average molecular weight is 563 g/mol. The Morgan fingerprint density at radius 3 is 2.25 bits per heavy atom. The lowest BCUT2D eigenvalue weighted by molar-refractivity contribution is -0.141. The Morgan fingerprint density at radius 2 is 1.62 bits per heavy atom. The summed E-state index contributed by atoms with van der Waals surface area (Å²) in [6.07, 6.45) is 1.22. The lowest BCUT2D eigenvalue weighted by atomic mass is 9.97. The molecule has 10 nitrogen and oxygen atoms in total. The maximum absolute atomic E-state index is 13.3. The second-order valence-corrected chi connectivity index (χ2v) is 10.9. The minimum Gasteiger partial charge on any atom is -0.364 e. The summed E-state index contributed by atoms with van der Waals surface area (Å²) in [6.45, 7) is 5.96. The molecule has 3 aromatic carbocycles. The molecule has 0 spiro atoms. The van der Waals surface area contributed by atoms with E-state index in [1.54, 1.807) is 63.2 Å². The average Bonchev–Trinajstić information content (AvgIpc) is 3.38. The van der Waals surface area contributed by atoms with Crippen molar-refractivity contribution in [1.82, 2.24) is 14.8 Å². The van der Waals surface area contributed by atoms with Gasteiger partial charge < -0.3 is 14.7 Å². The molecule has 1 atom stereocenters. The van der Waals surface area contributed by atoms with Gasteiger partial charge in [-0.25, -0.2) is 13.1 Å². The number of nitrogens with zero attached hydrogens (tertiary/aromatic N) is 2. The third-order valence-electron chi connectivity index (χ3n) is 6.60. The van der Waals surface area contributed by atoms with Crippen LogP contribution in [-0.2, 0) is 26.0 Å². The van der Waals surface area contributed by atoms with Gasteiger partial charge in [0.2, 0.25) is 11.8 Å². The highest BCUT2D eigenvalue weighted by atomic mass is 32.2. The summed E-state index contributed by atoms with van der Waals surface area (Å²) in [6, 6.07) is 18.5. The third kappa shape index (κ3) is 6.37. The van der Waals surface area contributed by atoms with Crippen molar-refractivity contribution in [2.75, 3.05) is 18.4 Å². The van der Waals surface area contributed by atoms with Crippen molar-refractivity contribution in [3.05, 3.63) is 89.8 Å². The largest absolute Gasteiger partial charge is 0.364 e. The van der Waals surface area contributed by atoms with Crippen LogP contribution in [0, 0.1) is 12.8 Å². The lowest BCUT2D eigenvalue weighted by Gasteiger charge is -2.24. The van der Waals surface area contributed by atoms with E-state index in [0.717, 1.165) is 5.39 Å². The van der Waals surface area contributed by atoms with Gasteiger partial charge in [-0.1, -0.05) is 47.6 Å². The first-order valence-electron chi connectivity index (χ1n) is 12.8. The van der Waals surface area contributed by atoms with Gasteiger partial charge in [0.1, 0.15) is 17.7 Å². The topological polar surface area (TPSA) is 139 Å². The molecule has 208 valence electrons. The lowest BCUT2D eigenvalue weighted by Crippen LogP contribution is -2.46. The molecule has 0 bridgehead atoms. The number of rotatable bonds is 10. The Balaban J connectivity index is 1.54. The van der Waals surface area contributed by atoms with E-state index < -0.39 is 27.8 Å². The molecule has 0 aliphatic rings. The number of anilines is 1. The van der Waals surface area contributed by atoms with Crippen molar-refractivity contribution in [1.29, 1.82) is 0 Å². The Kier molecular flexibility index (Phi) is 8.64. The summed E-state index contributed by atoms with van der Waals surface area (Å²) < 4.78 is 33.2. The van der Waals surface area contributed by atoms with E-state index in [0.29, 0.717) is 41.0 Å². The van der Waals surface area contributed by atoms with Crippen molar-refractivity contribution in [2.45, 2.75) is 32.1 Å². The third-order valence-corrected chi connectivity index (χ3v) is 7.95. The van der Waals surface area contributed by atoms with Crippen molar-refractivity contribution >= 4 is 44.2 Å². The van der Waals surface area contributed by atoms with Gasteiger partial charge >= 0.3 is 0 Å². The number of aromatic nitrogens is 1. The molecule has 0 saturated heterocycles. The SMILES string of the molecule is CCN(CC)C(=O)C(Cc1ccc(NC(=O)c2conc2C)cc1)C(=O)NS(=O)(=O)c1ccc2ccccc2c1. The van der Waals surface area contributed by atoms with Crippen molar-refractivity contribution in [3.63, 3.8) is 0 Å². The number of fused-ring (bicyclic) bond motifs is 1. The molecule has 3 amide bonds. The highest BCUT2D eigenvalue weighted by Gasteiger charge is 2.33. The fraction of sp³-hybridized carbons (Fsp3) is 0.241. The number of hydrogen-bond donors (Lipinski definition) is 2. The quantitative estimate of drug-likeness (QED) is 0.279. The molecule has 4 aromatic rings. The van der Waals surface area contributed by atoms with Crippen LogP contribution >= 0.6 is 0 Å². The Labute approximate surface area is 232 Å². The number of carbonyl (C=O) groups excluding carboxylic acids is 3. The first-order chi connectivity index (χ1) is 19.1. The summed E-state index contributed by atoms with van der Waals surface area (Å²) in [5.41, 5.74) is 1.86. The first kappa shape index (κ1) is 28.5. The predicted octanol–water partition coefficient (Wildman–Crippen LogP) is 3.92. The van der Waals surface area contributed by atoms with E-state index in [-0.39, 0.29) is 17.2 Å². The minimum absolute atomic E-state index is 0.0343. The normalized spacial score (nSPS) is 12.1. The molecule has 0 saturated carbocycles. The zero-order valence-electron chi connectivity index (χ0n) is 22.4. The summed E-state index contributed by atoms with van der Waals surface area (Å²) in [7, 11) is -4.24. The summed E-state index contributed by atoms with van der Waals surface area (Å²) in [5, 5.41) is 8.00. The van der Waals surface area contributed by atoms with Gasteiger partial charge in [0.25, 0.3) is 15.9 Å². The molecular formula is C29H30N4O6S. The highest BCUT2D eigenvalue weighted by molar-refractivity contribution is 7.90. The smallest absolute Gasteiger partial charge is 0.264 e. The second kappa shape index (κ2) is 12.1. The number of sulfonamides is 1. The molecule has 0 aliphatic heterocycles. The molecule has 0 radical (unpaired) electrons. The van der Waals surface area contributed by atoms with Gasteiger partial charge in [-0.2, -0.15) is 0 Å². The molecule has 0 aliphatic carbocycles. The standard InChI is InChI=1S/C29H30N4O6S/c1-4-33(5-2)29(36)25(16-20-10-13-23(14-11-20)30-27(34)26-18-39-31-19(26)3)28(35)32-40(37,38)24-15-12-21-8-6-7-9-22(21)17-24/h6-15,17-18,25H,4-5,16H2,1-3H3,(H,30,34)(H,32,35). The van der Waals surface area contributed by atoms with Gasteiger partial charge in [0.05, 0.1) is 10.6 Å². The van der Waals surface area contributed by atoms with Crippen LogP contribution in [0.1, 0.15) is 35.5 Å². The van der Waals surface area contributed by atoms with Crippen molar-refractivity contribution in [3.8, 4) is 0 Å². The minimum atomic E-state index is -4.24. The highest BCUT2D eigenvalue weighted by Crippen LogP contribution is 2.21. The van der Waals surface area contributed by atoms with Crippen LogP contribution in [0.4, 0.5) is 5.69 Å². The predicted molar refractivity (Wildman–Crippen MR) is 150 cm³/mol. The number of benzene rings is 3. The number of amides is 3. The molecule has 1 aromatic heterocycles. The van der Waals surface area contributed by atoms with E-state index in [4.69, 9.17) is 4.52 Å². The monoisotopic (exact) mass is 562 g/mol. The Hall–Kier alpha value is -4.51. The van der Waals surface area contributed by atoms with Gasteiger partial charge in [0, 0.05) is 18.8 Å². The number of aryl methyl sites for hydroxylation is 1. The van der Waals surface area contributed by atoms with Gasteiger partial charge in [-0.05, 0) is 67.8 Å². The summed E-state index contributed by atoms with van der Waals surface area (Å²) in [4.78, 5) is 40.5. The molecule has 1 unspecified atom stereocenters. The first-order valence-corrected chi connectivity index (χ1v) is 14.3. The molecule has 2 N–H and O–H groups in total. The molecule has 0 fully saturated rings. The van der Waals surface area contributed by atoms with Gasteiger partial charge in [-0.3, -0.25) is 14.4 Å². The Morgan fingerprint density at radius 1 is 0.950 bits per heavy atom. The van der Waals surface area contributed by atoms with Crippen molar-refractivity contribution in [2.24, 2.45) is 5.92 Å². The zero-order chi connectivity index (χ0) is 28.9. The fourth-order valence-electron chi connectivity index (χ4n) is 4.31. The van der Waals surface area contributed by atoms with Gasteiger partial charge in [0.15, 0.2) is 0 Å². The van der Waals surface area contributed by atoms with E-state index >= 15 is 0 Å². The van der Waals surface area contributed by atoms with Gasteiger partial charge in [-0.15, -0.1) is 0 Å². The van der Waals surface area contributed by atoms with E-state index in [1.807, 2.05) is 12.1 Å². The second-order valence-electron chi connectivity index (χ2n) is 9.21. The number of carbonyl (C=O) groups is 3.